The van der Waals surface area contributed by atoms with Gasteiger partial charge in [-0.3, -0.25) is 4.79 Å². The van der Waals surface area contributed by atoms with Crippen molar-refractivity contribution in [3.63, 3.8) is 0 Å². The van der Waals surface area contributed by atoms with Crippen LogP contribution in [0.3, 0.4) is 0 Å². The van der Waals surface area contributed by atoms with Gasteiger partial charge in [-0.15, -0.1) is 11.3 Å². The van der Waals surface area contributed by atoms with Crippen LogP contribution in [0.15, 0.2) is 17.5 Å². The molecule has 4 heteroatoms. The minimum atomic E-state index is -0.567. The standard InChI is InChI=1S/C13H19NO2S/c15-11(12-7-4-8-17-12)9-14-13(16)10-5-2-1-3-6-10/h4,7-8,10-11,15H,1-3,5-6,9H2,(H,14,16). The van der Waals surface area contributed by atoms with Crippen molar-refractivity contribution in [1.29, 1.82) is 0 Å². The Labute approximate surface area is 106 Å². The molecule has 3 nitrogen and oxygen atoms in total. The number of hydrogen-bond donors (Lipinski definition) is 2. The van der Waals surface area contributed by atoms with Crippen LogP contribution in [0.25, 0.3) is 0 Å². The van der Waals surface area contributed by atoms with Gasteiger partial charge in [0.25, 0.3) is 0 Å². The zero-order valence-corrected chi connectivity index (χ0v) is 10.7. The molecule has 0 radical (unpaired) electrons. The Bertz CT molecular complexity index is 344. The second kappa shape index (κ2) is 6.17. The van der Waals surface area contributed by atoms with E-state index >= 15 is 0 Å². The summed E-state index contributed by atoms with van der Waals surface area (Å²) in [7, 11) is 0. The molecule has 17 heavy (non-hydrogen) atoms. The largest absolute Gasteiger partial charge is 0.386 e. The highest BCUT2D eigenvalue weighted by atomic mass is 32.1. The van der Waals surface area contributed by atoms with Crippen molar-refractivity contribution in [2.45, 2.75) is 38.2 Å². The fourth-order valence-electron chi connectivity index (χ4n) is 2.29. The van der Waals surface area contributed by atoms with Crippen molar-refractivity contribution in [3.8, 4) is 0 Å². The number of aliphatic hydroxyl groups excluding tert-OH is 1. The van der Waals surface area contributed by atoms with Crippen LogP contribution in [0, 0.1) is 5.92 Å². The summed E-state index contributed by atoms with van der Waals surface area (Å²) < 4.78 is 0. The number of rotatable bonds is 4. The predicted octanol–water partition coefficient (Wildman–Crippen LogP) is 2.48. The van der Waals surface area contributed by atoms with Crippen molar-refractivity contribution < 1.29 is 9.90 Å². The smallest absolute Gasteiger partial charge is 0.223 e. The molecule has 1 unspecified atom stereocenters. The fourth-order valence-corrected chi connectivity index (χ4v) is 3.00. The van der Waals surface area contributed by atoms with Crippen LogP contribution in [0.1, 0.15) is 43.1 Å². The van der Waals surface area contributed by atoms with Gasteiger partial charge in [-0.25, -0.2) is 0 Å². The van der Waals surface area contributed by atoms with E-state index in [1.165, 1.54) is 17.8 Å². The van der Waals surface area contributed by atoms with Gasteiger partial charge in [0.2, 0.25) is 5.91 Å². The number of aliphatic hydroxyl groups is 1. The van der Waals surface area contributed by atoms with Gasteiger partial charge in [-0.05, 0) is 24.3 Å². The maximum atomic E-state index is 11.9. The summed E-state index contributed by atoms with van der Waals surface area (Å²) in [6, 6.07) is 3.80. The number of thiophene rings is 1. The molecular weight excluding hydrogens is 234 g/mol. The van der Waals surface area contributed by atoms with E-state index in [4.69, 9.17) is 0 Å². The van der Waals surface area contributed by atoms with Gasteiger partial charge in [0.1, 0.15) is 6.10 Å². The molecule has 0 aromatic carbocycles. The molecule has 1 atom stereocenters. The molecule has 1 aliphatic carbocycles. The van der Waals surface area contributed by atoms with E-state index in [9.17, 15) is 9.90 Å². The van der Waals surface area contributed by atoms with E-state index in [0.29, 0.717) is 6.54 Å². The fraction of sp³-hybridized carbons (Fsp3) is 0.615. The van der Waals surface area contributed by atoms with E-state index in [-0.39, 0.29) is 11.8 Å². The normalized spacial score (nSPS) is 18.9. The summed E-state index contributed by atoms with van der Waals surface area (Å²) in [5.41, 5.74) is 0. The lowest BCUT2D eigenvalue weighted by atomic mass is 9.88. The van der Waals surface area contributed by atoms with E-state index in [1.54, 1.807) is 0 Å². The van der Waals surface area contributed by atoms with Gasteiger partial charge in [-0.1, -0.05) is 25.3 Å². The van der Waals surface area contributed by atoms with Gasteiger partial charge in [-0.2, -0.15) is 0 Å². The molecule has 1 fully saturated rings. The third-order valence-electron chi connectivity index (χ3n) is 3.32. The van der Waals surface area contributed by atoms with Gasteiger partial charge < -0.3 is 10.4 Å². The summed E-state index contributed by atoms with van der Waals surface area (Å²) in [5, 5.41) is 14.6. The zero-order valence-electron chi connectivity index (χ0n) is 9.89. The van der Waals surface area contributed by atoms with Crippen LogP contribution in [-0.2, 0) is 4.79 Å². The molecule has 0 aliphatic heterocycles. The Hall–Kier alpha value is -0.870. The molecule has 2 N–H and O–H groups in total. The Morgan fingerprint density at radius 1 is 1.47 bits per heavy atom. The first-order valence-electron chi connectivity index (χ1n) is 6.26. The van der Waals surface area contributed by atoms with Crippen molar-refractivity contribution >= 4 is 17.2 Å². The molecule has 1 saturated carbocycles. The third kappa shape index (κ3) is 3.54. The molecule has 0 saturated heterocycles. The average molecular weight is 253 g/mol. The highest BCUT2D eigenvalue weighted by Crippen LogP contribution is 2.24. The Morgan fingerprint density at radius 3 is 2.88 bits per heavy atom. The van der Waals surface area contributed by atoms with Crippen LogP contribution in [0.4, 0.5) is 0 Å². The minimum absolute atomic E-state index is 0.111. The van der Waals surface area contributed by atoms with Crippen LogP contribution < -0.4 is 5.32 Å². The van der Waals surface area contributed by atoms with Crippen LogP contribution in [0.5, 0.6) is 0 Å². The predicted molar refractivity (Wildman–Crippen MR) is 68.9 cm³/mol. The average Bonchev–Trinajstić information content (AvgIpc) is 2.90. The summed E-state index contributed by atoms with van der Waals surface area (Å²) in [6.45, 7) is 0.329. The zero-order chi connectivity index (χ0) is 12.1. The molecule has 2 rings (SSSR count). The minimum Gasteiger partial charge on any atom is -0.386 e. The van der Waals surface area contributed by atoms with E-state index in [1.807, 2.05) is 17.5 Å². The second-order valence-corrected chi connectivity index (χ2v) is 5.59. The topological polar surface area (TPSA) is 49.3 Å². The van der Waals surface area contributed by atoms with E-state index in [2.05, 4.69) is 5.32 Å². The molecule has 1 aliphatic rings. The van der Waals surface area contributed by atoms with Crippen molar-refractivity contribution in [2.75, 3.05) is 6.54 Å². The van der Waals surface area contributed by atoms with Gasteiger partial charge >= 0.3 is 0 Å². The highest BCUT2D eigenvalue weighted by Gasteiger charge is 2.21. The number of amides is 1. The molecular formula is C13H19NO2S. The molecule has 1 amide bonds. The van der Waals surface area contributed by atoms with Gasteiger partial charge in [0.05, 0.1) is 0 Å². The summed E-state index contributed by atoms with van der Waals surface area (Å²) in [4.78, 5) is 12.8. The van der Waals surface area contributed by atoms with Crippen molar-refractivity contribution in [1.82, 2.24) is 5.32 Å². The molecule has 1 aromatic rings. The van der Waals surface area contributed by atoms with Gasteiger partial charge in [0, 0.05) is 17.3 Å². The first-order valence-corrected chi connectivity index (χ1v) is 7.14. The molecule has 0 spiro atoms. The molecule has 94 valence electrons. The van der Waals surface area contributed by atoms with Crippen LogP contribution in [0.2, 0.25) is 0 Å². The SMILES string of the molecule is O=C(NCC(O)c1cccs1)C1CCCCC1. The van der Waals surface area contributed by atoms with E-state index in [0.717, 1.165) is 30.6 Å². The quantitative estimate of drug-likeness (QED) is 0.866. The lowest BCUT2D eigenvalue weighted by molar-refractivity contribution is -0.126. The van der Waals surface area contributed by atoms with Crippen molar-refractivity contribution in [2.24, 2.45) is 5.92 Å². The monoisotopic (exact) mass is 253 g/mol. The Balaban J connectivity index is 1.75. The lowest BCUT2D eigenvalue weighted by Crippen LogP contribution is -2.34. The number of hydrogen-bond acceptors (Lipinski definition) is 3. The van der Waals surface area contributed by atoms with Crippen molar-refractivity contribution in [3.05, 3.63) is 22.4 Å². The van der Waals surface area contributed by atoms with E-state index < -0.39 is 6.10 Å². The molecule has 1 heterocycles. The lowest BCUT2D eigenvalue weighted by Gasteiger charge is -2.21. The maximum absolute atomic E-state index is 11.9. The number of carbonyl (C=O) groups excluding carboxylic acids is 1. The van der Waals surface area contributed by atoms with Gasteiger partial charge in [0.15, 0.2) is 0 Å². The number of carbonyl (C=O) groups is 1. The summed E-state index contributed by atoms with van der Waals surface area (Å²) in [6.07, 6.45) is 5.00. The molecule has 0 bridgehead atoms. The van der Waals surface area contributed by atoms with Crippen LogP contribution in [-0.4, -0.2) is 17.6 Å². The first-order chi connectivity index (χ1) is 8.27. The third-order valence-corrected chi connectivity index (χ3v) is 4.29. The molecule has 1 aromatic heterocycles. The first kappa shape index (κ1) is 12.6. The maximum Gasteiger partial charge on any atom is 0.223 e. The summed E-state index contributed by atoms with van der Waals surface area (Å²) >= 11 is 1.52. The second-order valence-electron chi connectivity index (χ2n) is 4.61. The summed E-state index contributed by atoms with van der Waals surface area (Å²) in [5.74, 6) is 0.277. The Kier molecular flexibility index (Phi) is 4.57. The highest BCUT2D eigenvalue weighted by molar-refractivity contribution is 7.10. The number of nitrogens with one attached hydrogen (secondary N) is 1. The Morgan fingerprint density at radius 2 is 2.24 bits per heavy atom. The van der Waals surface area contributed by atoms with Crippen LogP contribution >= 0.6 is 11.3 Å².